The van der Waals surface area contributed by atoms with Crippen molar-refractivity contribution in [3.63, 3.8) is 0 Å². The smallest absolute Gasteiger partial charge is 0.261 e. The summed E-state index contributed by atoms with van der Waals surface area (Å²) >= 11 is 0. The van der Waals surface area contributed by atoms with Gasteiger partial charge in [-0.2, -0.15) is 0 Å². The molecule has 0 unspecified atom stereocenters. The second-order valence-corrected chi connectivity index (χ2v) is 16.4. The largest absolute Gasteiger partial charge is 0.406 e. The molecule has 0 spiro atoms. The highest BCUT2D eigenvalue weighted by Crippen LogP contribution is 2.37. The maximum absolute atomic E-state index is 10.4. The van der Waals surface area contributed by atoms with Crippen LogP contribution in [0.25, 0.3) is 0 Å². The van der Waals surface area contributed by atoms with Crippen molar-refractivity contribution in [3.8, 4) is 0 Å². The lowest BCUT2D eigenvalue weighted by molar-refractivity contribution is -0.0851. The highest BCUT2D eigenvalue weighted by Gasteiger charge is 2.52. The number of hydrogen-bond acceptors (Lipinski definition) is 5. The van der Waals surface area contributed by atoms with Gasteiger partial charge in [0.05, 0.1) is 38.5 Å². The lowest BCUT2D eigenvalue weighted by Gasteiger charge is -2.43. The van der Waals surface area contributed by atoms with Gasteiger partial charge in [-0.05, 0) is 26.5 Å². The highest BCUT2D eigenvalue weighted by molar-refractivity contribution is 6.99. The summed E-state index contributed by atoms with van der Waals surface area (Å²) in [6, 6.07) is 41.2. The van der Waals surface area contributed by atoms with Crippen LogP contribution in [0.2, 0.25) is 5.04 Å². The van der Waals surface area contributed by atoms with Gasteiger partial charge in [-0.3, -0.25) is 0 Å². The molecule has 5 rings (SSSR count). The normalized spacial score (nSPS) is 21.0. The van der Waals surface area contributed by atoms with Crippen LogP contribution in [0.1, 0.15) is 31.9 Å². The van der Waals surface area contributed by atoms with Crippen LogP contribution in [0.3, 0.4) is 0 Å². The van der Waals surface area contributed by atoms with Crippen molar-refractivity contribution >= 4 is 18.7 Å². The molecule has 5 nitrogen and oxygen atoms in total. The Balaban J connectivity index is 1.45. The number of nitrogens with one attached hydrogen (secondary N) is 1. The van der Waals surface area contributed by atoms with Gasteiger partial charge in [0.15, 0.2) is 0 Å². The molecule has 0 saturated carbocycles. The van der Waals surface area contributed by atoms with Gasteiger partial charge in [-0.25, -0.2) is 0 Å². The minimum Gasteiger partial charge on any atom is -0.406 e. The first kappa shape index (κ1) is 30.4. The Morgan fingerprint density at radius 3 is 1.43 bits per heavy atom. The first-order valence-electron chi connectivity index (χ1n) is 14.9. The van der Waals surface area contributed by atoms with E-state index in [9.17, 15) is 5.11 Å². The van der Waals surface area contributed by atoms with E-state index in [4.69, 9.17) is 13.9 Å². The van der Waals surface area contributed by atoms with E-state index in [2.05, 4.69) is 111 Å². The number of ether oxygens (including phenoxy) is 2. The van der Waals surface area contributed by atoms with E-state index in [1.165, 1.54) is 10.4 Å². The molecule has 1 saturated heterocycles. The topological polar surface area (TPSA) is 60.0 Å². The zero-order valence-corrected chi connectivity index (χ0v) is 25.9. The lowest BCUT2D eigenvalue weighted by atomic mass is 10.1. The molecule has 0 amide bonds. The molecular formula is C36H43NO4Si. The fraction of sp³-hybridized carbons (Fsp3) is 0.333. The Labute approximate surface area is 251 Å². The molecule has 4 atom stereocenters. The molecule has 1 aliphatic rings. The third kappa shape index (κ3) is 6.75. The first-order valence-corrected chi connectivity index (χ1v) is 16.8. The van der Waals surface area contributed by atoms with Gasteiger partial charge in [0, 0.05) is 0 Å². The number of aliphatic hydroxyl groups is 1. The van der Waals surface area contributed by atoms with Gasteiger partial charge in [0.1, 0.15) is 12.2 Å². The van der Waals surface area contributed by atoms with Crippen molar-refractivity contribution in [2.75, 3.05) is 13.2 Å². The Bertz CT molecular complexity index is 1310. The summed E-state index contributed by atoms with van der Waals surface area (Å²) in [7, 11) is -2.76. The van der Waals surface area contributed by atoms with E-state index in [0.717, 1.165) is 11.1 Å². The van der Waals surface area contributed by atoms with Crippen LogP contribution in [0.4, 0.5) is 0 Å². The third-order valence-corrected chi connectivity index (χ3v) is 13.2. The Morgan fingerprint density at radius 1 is 0.619 bits per heavy atom. The fourth-order valence-electron chi connectivity index (χ4n) is 6.15. The summed E-state index contributed by atoms with van der Waals surface area (Å²) in [4.78, 5) is 0. The van der Waals surface area contributed by atoms with Crippen molar-refractivity contribution in [1.82, 2.24) is 5.32 Å². The van der Waals surface area contributed by atoms with Gasteiger partial charge in [-0.15, -0.1) is 0 Å². The molecular weight excluding hydrogens is 538 g/mol. The van der Waals surface area contributed by atoms with Crippen LogP contribution in [-0.2, 0) is 27.1 Å². The molecule has 1 fully saturated rings. The zero-order chi connectivity index (χ0) is 29.4. The van der Waals surface area contributed by atoms with Gasteiger partial charge < -0.3 is 24.3 Å². The van der Waals surface area contributed by atoms with E-state index >= 15 is 0 Å². The van der Waals surface area contributed by atoms with Crippen molar-refractivity contribution in [1.29, 1.82) is 0 Å². The number of benzene rings is 4. The molecule has 1 heterocycles. The summed E-state index contributed by atoms with van der Waals surface area (Å²) in [5.74, 6) is 0. The van der Waals surface area contributed by atoms with Gasteiger partial charge in [0.25, 0.3) is 8.32 Å². The van der Waals surface area contributed by atoms with Crippen LogP contribution in [0, 0.1) is 0 Å². The summed E-state index contributed by atoms with van der Waals surface area (Å²) in [6.45, 7) is 8.12. The van der Waals surface area contributed by atoms with Crippen LogP contribution in [-0.4, -0.2) is 50.9 Å². The molecule has 0 aromatic heterocycles. The average Bonchev–Trinajstić information content (AvgIpc) is 3.37. The van der Waals surface area contributed by atoms with Crippen molar-refractivity contribution < 1.29 is 19.0 Å². The molecule has 6 heteroatoms. The van der Waals surface area contributed by atoms with Gasteiger partial charge in [0.2, 0.25) is 0 Å². The minimum atomic E-state index is -2.76. The molecule has 4 aromatic rings. The molecule has 0 aliphatic carbocycles. The molecule has 0 radical (unpaired) electrons. The number of aliphatic hydroxyl groups excluding tert-OH is 1. The van der Waals surface area contributed by atoms with E-state index in [-0.39, 0.29) is 35.9 Å². The summed E-state index contributed by atoms with van der Waals surface area (Å²) < 4.78 is 20.4. The molecule has 42 heavy (non-hydrogen) atoms. The Morgan fingerprint density at radius 2 is 1.02 bits per heavy atom. The minimum absolute atomic E-state index is 0.0552. The number of rotatable bonds is 12. The summed E-state index contributed by atoms with van der Waals surface area (Å²) in [6.07, 6.45) is -0.657. The van der Waals surface area contributed by atoms with E-state index < -0.39 is 8.32 Å². The fourth-order valence-corrected chi connectivity index (χ4v) is 10.7. The maximum atomic E-state index is 10.4. The second-order valence-electron chi connectivity index (χ2n) is 12.1. The van der Waals surface area contributed by atoms with Crippen LogP contribution in [0.5, 0.6) is 0 Å². The van der Waals surface area contributed by atoms with Gasteiger partial charge in [-0.1, -0.05) is 142 Å². The maximum Gasteiger partial charge on any atom is 0.261 e. The predicted molar refractivity (Wildman–Crippen MR) is 171 cm³/mol. The molecule has 0 bridgehead atoms. The van der Waals surface area contributed by atoms with E-state index in [1.807, 2.05) is 36.4 Å². The molecule has 1 aliphatic heterocycles. The molecule has 2 N–H and O–H groups in total. The molecule has 4 aromatic carbocycles. The Kier molecular flexibility index (Phi) is 10.1. The quantitative estimate of drug-likeness (QED) is 0.229. The molecule has 220 valence electrons. The van der Waals surface area contributed by atoms with Gasteiger partial charge >= 0.3 is 0 Å². The average molecular weight is 582 g/mol. The zero-order valence-electron chi connectivity index (χ0n) is 24.9. The van der Waals surface area contributed by atoms with Crippen molar-refractivity contribution in [2.24, 2.45) is 0 Å². The Hall–Kier alpha value is -3.10. The third-order valence-electron chi connectivity index (χ3n) is 8.21. The van der Waals surface area contributed by atoms with Crippen LogP contribution in [0.15, 0.2) is 121 Å². The standard InChI is InChI=1S/C36H43NO4Si/c1-36(2,3)42(30-20-12-6-13-21-30,31-22-14-7-15-23-31)41-27-33-35(40-26-29-18-10-5-11-19-29)34(32(24-38)37-33)39-25-28-16-8-4-9-17-28/h4-23,32-35,37-38H,24-27H2,1-3H3/t32-,33+,34-,35-/m1/s1. The number of hydrogen-bond donors (Lipinski definition) is 2. The van der Waals surface area contributed by atoms with E-state index in [1.54, 1.807) is 0 Å². The summed E-state index contributed by atoms with van der Waals surface area (Å²) in [5, 5.41) is 16.4. The second kappa shape index (κ2) is 13.9. The van der Waals surface area contributed by atoms with Crippen molar-refractivity contribution in [2.45, 2.75) is 63.3 Å². The van der Waals surface area contributed by atoms with Crippen LogP contribution < -0.4 is 15.7 Å². The van der Waals surface area contributed by atoms with Crippen molar-refractivity contribution in [3.05, 3.63) is 132 Å². The first-order chi connectivity index (χ1) is 20.4. The lowest BCUT2D eigenvalue weighted by Crippen LogP contribution is -2.67. The highest BCUT2D eigenvalue weighted by atomic mass is 28.4. The predicted octanol–water partition coefficient (Wildman–Crippen LogP) is 5.07. The van der Waals surface area contributed by atoms with Crippen LogP contribution >= 0.6 is 0 Å². The monoisotopic (exact) mass is 581 g/mol. The SMILES string of the molecule is CC(C)(C)[Si](OC[C@@H]1N[C@H](CO)[C@@H](OCc2ccccc2)[C@@H]1OCc1ccccc1)(c1ccccc1)c1ccccc1. The summed E-state index contributed by atoms with van der Waals surface area (Å²) in [5.41, 5.74) is 2.18. The van der Waals surface area contributed by atoms with E-state index in [0.29, 0.717) is 19.8 Å².